The van der Waals surface area contributed by atoms with Crippen LogP contribution in [0.15, 0.2) is 12.1 Å². The first-order chi connectivity index (χ1) is 6.07. The van der Waals surface area contributed by atoms with E-state index in [0.29, 0.717) is 16.8 Å². The van der Waals surface area contributed by atoms with E-state index in [1.54, 1.807) is 20.0 Å². The van der Waals surface area contributed by atoms with Crippen molar-refractivity contribution in [1.82, 2.24) is 0 Å². The number of rotatable bonds is 2. The SMILES string of the molecule is Cc1c(F)ccc(N(C)N)c1CO. The molecule has 0 amide bonds. The van der Waals surface area contributed by atoms with Crippen molar-refractivity contribution in [3.63, 3.8) is 0 Å². The van der Waals surface area contributed by atoms with E-state index in [4.69, 9.17) is 10.9 Å². The maximum atomic E-state index is 13.0. The topological polar surface area (TPSA) is 49.5 Å². The molecule has 4 heteroatoms. The summed E-state index contributed by atoms with van der Waals surface area (Å²) in [6, 6.07) is 2.89. The minimum Gasteiger partial charge on any atom is -0.392 e. The molecule has 0 aromatic heterocycles. The fourth-order valence-electron chi connectivity index (χ4n) is 1.24. The summed E-state index contributed by atoms with van der Waals surface area (Å²) in [6.45, 7) is 1.41. The van der Waals surface area contributed by atoms with Crippen LogP contribution < -0.4 is 10.9 Å². The molecular weight excluding hydrogens is 171 g/mol. The molecule has 0 saturated heterocycles. The number of aliphatic hydroxyl groups is 1. The highest BCUT2D eigenvalue weighted by Gasteiger charge is 2.10. The van der Waals surface area contributed by atoms with E-state index < -0.39 is 0 Å². The first-order valence-corrected chi connectivity index (χ1v) is 3.95. The van der Waals surface area contributed by atoms with Crippen molar-refractivity contribution in [2.75, 3.05) is 12.1 Å². The minimum absolute atomic E-state index is 0.208. The van der Waals surface area contributed by atoms with Gasteiger partial charge in [0.1, 0.15) is 5.82 Å². The predicted octanol–water partition coefficient (Wildman–Crippen LogP) is 0.936. The van der Waals surface area contributed by atoms with Crippen molar-refractivity contribution < 1.29 is 9.50 Å². The average Bonchev–Trinajstić information content (AvgIpc) is 2.09. The van der Waals surface area contributed by atoms with Crippen LogP contribution in [0.1, 0.15) is 11.1 Å². The van der Waals surface area contributed by atoms with Gasteiger partial charge in [-0.25, -0.2) is 10.2 Å². The number of nitrogens with two attached hydrogens (primary N) is 1. The number of hydrogen-bond donors (Lipinski definition) is 2. The van der Waals surface area contributed by atoms with Crippen LogP contribution in [0.5, 0.6) is 0 Å². The van der Waals surface area contributed by atoms with Crippen LogP contribution in [0.2, 0.25) is 0 Å². The molecule has 0 atom stereocenters. The van der Waals surface area contributed by atoms with Gasteiger partial charge in [-0.1, -0.05) is 0 Å². The van der Waals surface area contributed by atoms with Crippen molar-refractivity contribution in [1.29, 1.82) is 0 Å². The van der Waals surface area contributed by atoms with Crippen LogP contribution in [-0.2, 0) is 6.61 Å². The van der Waals surface area contributed by atoms with Gasteiger partial charge in [0.15, 0.2) is 0 Å². The van der Waals surface area contributed by atoms with Gasteiger partial charge in [0.25, 0.3) is 0 Å². The maximum absolute atomic E-state index is 13.0. The van der Waals surface area contributed by atoms with Crippen LogP contribution in [0.4, 0.5) is 10.1 Å². The monoisotopic (exact) mass is 184 g/mol. The zero-order valence-corrected chi connectivity index (χ0v) is 7.71. The van der Waals surface area contributed by atoms with E-state index in [9.17, 15) is 4.39 Å². The molecule has 13 heavy (non-hydrogen) atoms. The first kappa shape index (κ1) is 9.95. The molecule has 0 unspecified atom stereocenters. The summed E-state index contributed by atoms with van der Waals surface area (Å²) in [7, 11) is 1.64. The lowest BCUT2D eigenvalue weighted by Gasteiger charge is -2.17. The summed E-state index contributed by atoms with van der Waals surface area (Å²) in [5.74, 6) is 5.18. The summed E-state index contributed by atoms with van der Waals surface area (Å²) in [5, 5.41) is 10.4. The van der Waals surface area contributed by atoms with Gasteiger partial charge < -0.3 is 10.1 Å². The highest BCUT2D eigenvalue weighted by molar-refractivity contribution is 5.55. The molecule has 1 aromatic carbocycles. The lowest BCUT2D eigenvalue weighted by molar-refractivity contribution is 0.280. The van der Waals surface area contributed by atoms with Crippen molar-refractivity contribution in [3.8, 4) is 0 Å². The molecule has 0 aliphatic heterocycles. The molecule has 0 saturated carbocycles. The van der Waals surface area contributed by atoms with Crippen LogP contribution in [-0.4, -0.2) is 12.2 Å². The molecule has 1 aromatic rings. The molecule has 0 fully saturated rings. The highest BCUT2D eigenvalue weighted by atomic mass is 19.1. The molecule has 0 aliphatic carbocycles. The summed E-state index contributed by atoms with van der Waals surface area (Å²) >= 11 is 0. The molecule has 72 valence electrons. The van der Waals surface area contributed by atoms with Gasteiger partial charge >= 0.3 is 0 Å². The Morgan fingerprint density at radius 1 is 1.54 bits per heavy atom. The Labute approximate surface area is 76.6 Å². The third kappa shape index (κ3) is 1.79. The summed E-state index contributed by atoms with van der Waals surface area (Å²) in [5.41, 5.74) is 1.61. The number of benzene rings is 1. The lowest BCUT2D eigenvalue weighted by Crippen LogP contribution is -2.26. The Kier molecular flexibility index (Phi) is 2.85. The average molecular weight is 184 g/mol. The Hall–Kier alpha value is -1.13. The predicted molar refractivity (Wildman–Crippen MR) is 49.7 cm³/mol. The number of hydrazine groups is 1. The van der Waals surface area contributed by atoms with E-state index in [1.807, 2.05) is 0 Å². The quantitative estimate of drug-likeness (QED) is 0.531. The smallest absolute Gasteiger partial charge is 0.126 e. The fraction of sp³-hybridized carbons (Fsp3) is 0.333. The van der Waals surface area contributed by atoms with Gasteiger partial charge in [0.05, 0.1) is 12.3 Å². The normalized spacial score (nSPS) is 10.2. The largest absolute Gasteiger partial charge is 0.392 e. The van der Waals surface area contributed by atoms with Crippen LogP contribution in [0.3, 0.4) is 0 Å². The van der Waals surface area contributed by atoms with Crippen molar-refractivity contribution in [2.24, 2.45) is 5.84 Å². The minimum atomic E-state index is -0.324. The van der Waals surface area contributed by atoms with E-state index in [2.05, 4.69) is 0 Å². The number of hydrogen-bond acceptors (Lipinski definition) is 3. The fourth-order valence-corrected chi connectivity index (χ4v) is 1.24. The highest BCUT2D eigenvalue weighted by Crippen LogP contribution is 2.23. The molecular formula is C9H13FN2O. The Morgan fingerprint density at radius 2 is 2.15 bits per heavy atom. The number of aliphatic hydroxyl groups excluding tert-OH is 1. The van der Waals surface area contributed by atoms with E-state index in [0.717, 1.165) is 0 Å². The molecule has 1 rings (SSSR count). The molecule has 0 heterocycles. The molecule has 3 nitrogen and oxygen atoms in total. The number of nitrogens with zero attached hydrogens (tertiary/aromatic N) is 1. The third-order valence-corrected chi connectivity index (χ3v) is 2.05. The Balaban J connectivity index is 3.30. The standard InChI is InChI=1S/C9H13FN2O/c1-6-7(5-13)9(12(2)11)4-3-8(6)10/h3-4,13H,5,11H2,1-2H3. The van der Waals surface area contributed by atoms with Crippen molar-refractivity contribution >= 4 is 5.69 Å². The second-order valence-electron chi connectivity index (χ2n) is 2.94. The summed E-state index contributed by atoms with van der Waals surface area (Å²) in [6.07, 6.45) is 0. The molecule has 0 aliphatic rings. The van der Waals surface area contributed by atoms with Crippen LogP contribution in [0.25, 0.3) is 0 Å². The van der Waals surface area contributed by atoms with Gasteiger partial charge in [-0.2, -0.15) is 0 Å². The van der Waals surface area contributed by atoms with Crippen molar-refractivity contribution in [3.05, 3.63) is 29.1 Å². The molecule has 0 bridgehead atoms. The summed E-state index contributed by atoms with van der Waals surface area (Å²) < 4.78 is 13.0. The van der Waals surface area contributed by atoms with Gasteiger partial charge in [-0.15, -0.1) is 0 Å². The van der Waals surface area contributed by atoms with Gasteiger partial charge in [-0.3, -0.25) is 0 Å². The Morgan fingerprint density at radius 3 is 2.62 bits per heavy atom. The van der Waals surface area contributed by atoms with Gasteiger partial charge in [-0.05, 0) is 24.6 Å². The first-order valence-electron chi connectivity index (χ1n) is 3.95. The van der Waals surface area contributed by atoms with Gasteiger partial charge in [0, 0.05) is 12.6 Å². The number of halogens is 1. The van der Waals surface area contributed by atoms with E-state index in [-0.39, 0.29) is 12.4 Å². The zero-order chi connectivity index (χ0) is 10.0. The molecule has 0 spiro atoms. The summed E-state index contributed by atoms with van der Waals surface area (Å²) in [4.78, 5) is 0. The Bertz CT molecular complexity index is 313. The van der Waals surface area contributed by atoms with Crippen LogP contribution >= 0.6 is 0 Å². The third-order valence-electron chi connectivity index (χ3n) is 2.05. The zero-order valence-electron chi connectivity index (χ0n) is 7.71. The maximum Gasteiger partial charge on any atom is 0.126 e. The molecule has 3 N–H and O–H groups in total. The van der Waals surface area contributed by atoms with Gasteiger partial charge in [0.2, 0.25) is 0 Å². The molecule has 0 radical (unpaired) electrons. The van der Waals surface area contributed by atoms with E-state index in [1.165, 1.54) is 11.1 Å². The van der Waals surface area contributed by atoms with Crippen molar-refractivity contribution in [2.45, 2.75) is 13.5 Å². The lowest BCUT2D eigenvalue weighted by atomic mass is 10.1. The number of anilines is 1. The van der Waals surface area contributed by atoms with E-state index >= 15 is 0 Å². The second-order valence-corrected chi connectivity index (χ2v) is 2.94. The van der Waals surface area contributed by atoms with Crippen LogP contribution in [0, 0.1) is 12.7 Å². The second kappa shape index (κ2) is 3.72.